The Bertz CT molecular complexity index is 261. The fourth-order valence-electron chi connectivity index (χ4n) is 1.78. The highest BCUT2D eigenvalue weighted by molar-refractivity contribution is 5.81. The summed E-state index contributed by atoms with van der Waals surface area (Å²) < 4.78 is 0. The summed E-state index contributed by atoms with van der Waals surface area (Å²) >= 11 is 0. The summed E-state index contributed by atoms with van der Waals surface area (Å²) in [5.74, 6) is -0.000324. The van der Waals surface area contributed by atoms with E-state index in [2.05, 4.69) is 16.7 Å². The number of piperazine rings is 1. The molecule has 0 saturated carbocycles. The predicted molar refractivity (Wildman–Crippen MR) is 57.1 cm³/mol. The largest absolute Gasteiger partial charge is 0.355 e. The second-order valence-electron chi connectivity index (χ2n) is 3.66. The van der Waals surface area contributed by atoms with Gasteiger partial charge in [-0.05, 0) is 13.8 Å². The summed E-state index contributed by atoms with van der Waals surface area (Å²) in [5.41, 5.74) is 0. The first-order chi connectivity index (χ1) is 7.20. The van der Waals surface area contributed by atoms with E-state index in [0.717, 1.165) is 13.1 Å². The van der Waals surface area contributed by atoms with Gasteiger partial charge in [0.15, 0.2) is 0 Å². The molecule has 1 rings (SSSR count). The Morgan fingerprint density at radius 1 is 1.80 bits per heavy atom. The average Bonchev–Trinajstić information content (AvgIpc) is 2.28. The van der Waals surface area contributed by atoms with Crippen LogP contribution in [0.2, 0.25) is 0 Å². The standard InChI is InChI=1S/C10H18N4O/c1-3-13-10(15)8(2)14-5-4-12-7-9(14)6-11/h8-9,12H,3-5,7H2,1-2H3,(H,13,15). The Kier molecular flexibility index (Phi) is 4.53. The number of nitrogens with one attached hydrogen (secondary N) is 2. The van der Waals surface area contributed by atoms with Crippen LogP contribution in [-0.2, 0) is 4.79 Å². The van der Waals surface area contributed by atoms with Gasteiger partial charge in [0.2, 0.25) is 5.91 Å². The maximum Gasteiger partial charge on any atom is 0.237 e. The van der Waals surface area contributed by atoms with Gasteiger partial charge in [0.05, 0.1) is 12.1 Å². The minimum atomic E-state index is -0.225. The van der Waals surface area contributed by atoms with Crippen LogP contribution in [0.1, 0.15) is 13.8 Å². The topological polar surface area (TPSA) is 68.2 Å². The molecule has 15 heavy (non-hydrogen) atoms. The fourth-order valence-corrected chi connectivity index (χ4v) is 1.78. The Morgan fingerprint density at radius 3 is 3.13 bits per heavy atom. The Labute approximate surface area is 90.4 Å². The quantitative estimate of drug-likeness (QED) is 0.647. The van der Waals surface area contributed by atoms with Crippen LogP contribution >= 0.6 is 0 Å². The summed E-state index contributed by atoms with van der Waals surface area (Å²) in [6.07, 6.45) is 0. The third kappa shape index (κ3) is 2.91. The van der Waals surface area contributed by atoms with Crippen molar-refractivity contribution in [1.29, 1.82) is 5.26 Å². The molecule has 1 saturated heterocycles. The van der Waals surface area contributed by atoms with Crippen molar-refractivity contribution in [2.24, 2.45) is 0 Å². The Balaban J connectivity index is 2.59. The number of likely N-dealkylation sites (N-methyl/N-ethyl adjacent to an activating group) is 1. The molecule has 0 radical (unpaired) electrons. The molecule has 0 aromatic heterocycles. The summed E-state index contributed by atoms with van der Waals surface area (Å²) in [6, 6.07) is 1.79. The van der Waals surface area contributed by atoms with Crippen LogP contribution in [0.25, 0.3) is 0 Å². The molecule has 0 aromatic carbocycles. The minimum Gasteiger partial charge on any atom is -0.355 e. The first kappa shape index (κ1) is 12.0. The van der Waals surface area contributed by atoms with Gasteiger partial charge in [0, 0.05) is 26.2 Å². The molecule has 5 heteroatoms. The zero-order chi connectivity index (χ0) is 11.3. The lowest BCUT2D eigenvalue weighted by atomic mass is 10.1. The monoisotopic (exact) mass is 210 g/mol. The van der Waals surface area contributed by atoms with E-state index >= 15 is 0 Å². The van der Waals surface area contributed by atoms with Crippen molar-refractivity contribution in [3.63, 3.8) is 0 Å². The summed E-state index contributed by atoms with van der Waals surface area (Å²) in [6.45, 7) is 6.59. The molecule has 0 aromatic rings. The van der Waals surface area contributed by atoms with Crippen molar-refractivity contribution >= 4 is 5.91 Å². The van der Waals surface area contributed by atoms with Gasteiger partial charge < -0.3 is 10.6 Å². The van der Waals surface area contributed by atoms with Crippen molar-refractivity contribution in [3.05, 3.63) is 0 Å². The normalized spacial score (nSPS) is 24.2. The third-order valence-corrected chi connectivity index (χ3v) is 2.66. The zero-order valence-corrected chi connectivity index (χ0v) is 9.29. The molecular formula is C10H18N4O. The lowest BCUT2D eigenvalue weighted by Crippen LogP contribution is -2.57. The number of hydrogen-bond acceptors (Lipinski definition) is 4. The maximum absolute atomic E-state index is 11.6. The first-order valence-corrected chi connectivity index (χ1v) is 5.34. The van der Waals surface area contributed by atoms with Gasteiger partial charge in [0.1, 0.15) is 6.04 Å². The molecule has 2 atom stereocenters. The fraction of sp³-hybridized carbons (Fsp3) is 0.800. The first-order valence-electron chi connectivity index (χ1n) is 5.34. The van der Waals surface area contributed by atoms with Gasteiger partial charge in [-0.25, -0.2) is 0 Å². The van der Waals surface area contributed by atoms with E-state index in [1.54, 1.807) is 0 Å². The molecule has 2 N–H and O–H groups in total. The van der Waals surface area contributed by atoms with Gasteiger partial charge in [-0.2, -0.15) is 5.26 Å². The second kappa shape index (κ2) is 5.69. The number of rotatable bonds is 3. The molecule has 1 amide bonds. The third-order valence-electron chi connectivity index (χ3n) is 2.66. The highest BCUT2D eigenvalue weighted by Crippen LogP contribution is 2.07. The average molecular weight is 210 g/mol. The number of hydrogen-bond donors (Lipinski definition) is 2. The number of nitriles is 1. The van der Waals surface area contributed by atoms with Crippen molar-refractivity contribution in [2.75, 3.05) is 26.2 Å². The Hall–Kier alpha value is -1.12. The Morgan fingerprint density at radius 2 is 2.53 bits per heavy atom. The van der Waals surface area contributed by atoms with Gasteiger partial charge in [0.25, 0.3) is 0 Å². The lowest BCUT2D eigenvalue weighted by Gasteiger charge is -2.35. The zero-order valence-electron chi connectivity index (χ0n) is 9.29. The van der Waals surface area contributed by atoms with Crippen molar-refractivity contribution in [3.8, 4) is 6.07 Å². The van der Waals surface area contributed by atoms with Crippen LogP contribution in [0.3, 0.4) is 0 Å². The van der Waals surface area contributed by atoms with E-state index in [0.29, 0.717) is 13.1 Å². The van der Waals surface area contributed by atoms with E-state index in [4.69, 9.17) is 5.26 Å². The van der Waals surface area contributed by atoms with Crippen LogP contribution in [-0.4, -0.2) is 49.1 Å². The molecule has 1 aliphatic heterocycles. The van der Waals surface area contributed by atoms with Crippen molar-refractivity contribution in [1.82, 2.24) is 15.5 Å². The number of nitrogens with zero attached hydrogens (tertiary/aromatic N) is 2. The molecular weight excluding hydrogens is 192 g/mol. The molecule has 2 unspecified atom stereocenters. The second-order valence-corrected chi connectivity index (χ2v) is 3.66. The lowest BCUT2D eigenvalue weighted by molar-refractivity contribution is -0.126. The smallest absolute Gasteiger partial charge is 0.237 e. The van der Waals surface area contributed by atoms with E-state index < -0.39 is 0 Å². The SMILES string of the molecule is CCNC(=O)C(C)N1CCNCC1C#N. The van der Waals surface area contributed by atoms with Crippen LogP contribution in [0.15, 0.2) is 0 Å². The number of carbonyl (C=O) groups excluding carboxylic acids is 1. The molecule has 1 heterocycles. The van der Waals surface area contributed by atoms with Crippen molar-refractivity contribution in [2.45, 2.75) is 25.9 Å². The van der Waals surface area contributed by atoms with Gasteiger partial charge in [-0.1, -0.05) is 0 Å². The van der Waals surface area contributed by atoms with Crippen LogP contribution in [0, 0.1) is 11.3 Å². The number of amides is 1. The molecule has 1 aliphatic rings. The van der Waals surface area contributed by atoms with Crippen molar-refractivity contribution < 1.29 is 4.79 Å². The van der Waals surface area contributed by atoms with Gasteiger partial charge in [-0.3, -0.25) is 9.69 Å². The van der Waals surface area contributed by atoms with E-state index in [1.807, 2.05) is 18.7 Å². The summed E-state index contributed by atoms with van der Waals surface area (Å²) in [7, 11) is 0. The van der Waals surface area contributed by atoms with Gasteiger partial charge >= 0.3 is 0 Å². The van der Waals surface area contributed by atoms with Crippen LogP contribution in [0.5, 0.6) is 0 Å². The van der Waals surface area contributed by atoms with E-state index in [1.165, 1.54) is 0 Å². The molecule has 0 spiro atoms. The van der Waals surface area contributed by atoms with E-state index in [9.17, 15) is 4.79 Å². The molecule has 0 aliphatic carbocycles. The molecule has 0 bridgehead atoms. The highest BCUT2D eigenvalue weighted by Gasteiger charge is 2.29. The minimum absolute atomic E-state index is 0.000324. The highest BCUT2D eigenvalue weighted by atomic mass is 16.2. The maximum atomic E-state index is 11.6. The predicted octanol–water partition coefficient (Wildman–Crippen LogP) is -0.692. The van der Waals surface area contributed by atoms with Gasteiger partial charge in [-0.15, -0.1) is 0 Å². The summed E-state index contributed by atoms with van der Waals surface area (Å²) in [4.78, 5) is 13.6. The van der Waals surface area contributed by atoms with Crippen LogP contribution in [0.4, 0.5) is 0 Å². The van der Waals surface area contributed by atoms with Crippen LogP contribution < -0.4 is 10.6 Å². The van der Waals surface area contributed by atoms with E-state index in [-0.39, 0.29) is 18.0 Å². The molecule has 84 valence electrons. The summed E-state index contributed by atoms with van der Waals surface area (Å²) in [5, 5.41) is 14.9. The molecule has 1 fully saturated rings. The number of carbonyl (C=O) groups is 1. The molecule has 5 nitrogen and oxygen atoms in total.